The molecule has 36 heavy (non-hydrogen) atoms. The molecule has 0 aliphatic heterocycles. The summed E-state index contributed by atoms with van der Waals surface area (Å²) in [6.07, 6.45) is 17.0. The van der Waals surface area contributed by atoms with Gasteiger partial charge in [0.2, 0.25) is 4.75 Å². The van der Waals surface area contributed by atoms with Crippen LogP contribution in [0.15, 0.2) is 0 Å². The number of carboxylic acids is 2. The molecule has 2 atom stereocenters. The van der Waals surface area contributed by atoms with Gasteiger partial charge in [0.05, 0.1) is 5.92 Å². The number of unbranched alkanes of at least 4 members (excludes halogenated alkanes) is 16. The van der Waals surface area contributed by atoms with E-state index in [9.17, 15) is 32.8 Å². The van der Waals surface area contributed by atoms with Crippen LogP contribution in [-0.2, 0) is 19.7 Å². The molecule has 0 aromatic carbocycles. The zero-order chi connectivity index (χ0) is 25.9. The van der Waals surface area contributed by atoms with Crippen molar-refractivity contribution in [2.75, 3.05) is 0 Å². The van der Waals surface area contributed by atoms with E-state index in [1.807, 2.05) is 0 Å². The molecule has 9 nitrogen and oxygen atoms in total. The molecule has 0 fully saturated rings. The Morgan fingerprint density at radius 3 is 1.28 bits per heavy atom. The number of carbonyl (C=O) groups is 2. The lowest BCUT2D eigenvalue weighted by Gasteiger charge is -2.32. The molecular formula is C26H56N2O7S. The fourth-order valence-electron chi connectivity index (χ4n) is 4.76. The summed E-state index contributed by atoms with van der Waals surface area (Å²) in [7, 11) is -5.12. The molecule has 0 saturated carbocycles. The van der Waals surface area contributed by atoms with Crippen LogP contribution in [0.3, 0.4) is 0 Å². The van der Waals surface area contributed by atoms with E-state index >= 15 is 0 Å². The third-order valence-electron chi connectivity index (χ3n) is 6.93. The third-order valence-corrected chi connectivity index (χ3v) is 8.52. The first-order valence-electron chi connectivity index (χ1n) is 13.6. The first kappa shape index (κ1) is 39.3. The van der Waals surface area contributed by atoms with Crippen molar-refractivity contribution >= 4 is 22.1 Å². The van der Waals surface area contributed by atoms with E-state index in [-0.39, 0.29) is 31.6 Å². The first-order valence-corrected chi connectivity index (χ1v) is 15.0. The Morgan fingerprint density at radius 1 is 0.639 bits per heavy atom. The molecule has 0 heterocycles. The highest BCUT2D eigenvalue weighted by atomic mass is 32.2. The summed E-state index contributed by atoms with van der Waals surface area (Å²) in [6, 6.07) is 0. The lowest BCUT2D eigenvalue weighted by Crippen LogP contribution is -2.55. The fourth-order valence-corrected chi connectivity index (χ4v) is 5.96. The van der Waals surface area contributed by atoms with E-state index in [0.29, 0.717) is 12.8 Å². The van der Waals surface area contributed by atoms with Crippen LogP contribution >= 0.6 is 0 Å². The minimum absolute atomic E-state index is 0. The second-order valence-electron chi connectivity index (χ2n) is 9.76. The second kappa shape index (κ2) is 22.9. The van der Waals surface area contributed by atoms with Crippen molar-refractivity contribution in [3.63, 3.8) is 0 Å². The molecule has 0 saturated heterocycles. The summed E-state index contributed by atoms with van der Waals surface area (Å²) >= 11 is 0. The van der Waals surface area contributed by atoms with Crippen molar-refractivity contribution in [2.45, 2.75) is 147 Å². The highest BCUT2D eigenvalue weighted by Gasteiger charge is 2.58. The molecule has 0 aromatic heterocycles. The van der Waals surface area contributed by atoms with E-state index in [4.69, 9.17) is 0 Å². The Kier molecular flexibility index (Phi) is 25.0. The summed E-state index contributed by atoms with van der Waals surface area (Å²) < 4.78 is 31.8. The number of hydrogen-bond acceptors (Lipinski definition) is 6. The molecule has 0 bridgehead atoms. The van der Waals surface area contributed by atoms with Gasteiger partial charge in [0, 0.05) is 0 Å². The highest BCUT2D eigenvalue weighted by molar-refractivity contribution is 7.88. The Bertz CT molecular complexity index is 659. The van der Waals surface area contributed by atoms with Gasteiger partial charge >= 0.3 is 11.9 Å². The van der Waals surface area contributed by atoms with Gasteiger partial charge in [-0.25, -0.2) is 0 Å². The number of hydrogen-bond donors (Lipinski definition) is 5. The minimum atomic E-state index is -5.12. The monoisotopic (exact) mass is 540 g/mol. The molecule has 0 aliphatic rings. The normalized spacial score (nSPS) is 13.8. The smallest absolute Gasteiger partial charge is 0.328 e. The van der Waals surface area contributed by atoms with Gasteiger partial charge in [-0.3, -0.25) is 14.1 Å². The van der Waals surface area contributed by atoms with Crippen LogP contribution in [-0.4, -0.2) is 39.9 Å². The topological polar surface area (TPSA) is 199 Å². The summed E-state index contributed by atoms with van der Waals surface area (Å²) in [5.74, 6) is -4.91. The van der Waals surface area contributed by atoms with Crippen LogP contribution < -0.4 is 12.3 Å². The Hall–Kier alpha value is -1.23. The summed E-state index contributed by atoms with van der Waals surface area (Å²) in [4.78, 5) is 24.1. The Labute approximate surface area is 220 Å². The molecule has 0 spiro atoms. The van der Waals surface area contributed by atoms with Crippen LogP contribution in [0, 0.1) is 5.92 Å². The van der Waals surface area contributed by atoms with Crippen molar-refractivity contribution in [1.29, 1.82) is 0 Å². The van der Waals surface area contributed by atoms with E-state index in [1.165, 1.54) is 44.9 Å². The van der Waals surface area contributed by atoms with Crippen LogP contribution in [0.1, 0.15) is 142 Å². The average Bonchev–Trinajstić information content (AvgIpc) is 2.76. The van der Waals surface area contributed by atoms with E-state index < -0.39 is 32.7 Å². The van der Waals surface area contributed by atoms with Crippen molar-refractivity contribution in [2.24, 2.45) is 5.92 Å². The van der Waals surface area contributed by atoms with Crippen LogP contribution in [0.25, 0.3) is 0 Å². The summed E-state index contributed by atoms with van der Waals surface area (Å²) in [5, 5.41) is 19.6. The predicted octanol–water partition coefficient (Wildman–Crippen LogP) is 7.56. The fraction of sp³-hybridized carbons (Fsp3) is 0.923. The van der Waals surface area contributed by atoms with Gasteiger partial charge in [0.25, 0.3) is 10.1 Å². The largest absolute Gasteiger partial charge is 0.481 e. The van der Waals surface area contributed by atoms with Gasteiger partial charge < -0.3 is 22.5 Å². The Balaban J connectivity index is -0.00000544. The second-order valence-corrected chi connectivity index (χ2v) is 11.4. The van der Waals surface area contributed by atoms with Crippen molar-refractivity contribution in [3.05, 3.63) is 0 Å². The van der Waals surface area contributed by atoms with Gasteiger partial charge in [0.15, 0.2) is 0 Å². The SMILES string of the molecule is CCCCCCCCCCCC(C(=O)O)C(CCCCCCCCCCC)(C(=O)O)S(=O)(=O)O.N.N. The number of aliphatic carboxylic acids is 2. The standard InChI is InChI=1S/C26H50O7S.2H3N/c1-3-5-7-9-11-13-15-17-19-21-23(24(27)28)26(25(29)30,34(31,32)33)22-20-18-16-14-12-10-8-6-4-2;;/h23H,3-22H2,1-2H3,(H,27,28)(H,29,30)(H,31,32,33);2*1H3. The van der Waals surface area contributed by atoms with E-state index in [1.54, 1.807) is 0 Å². The van der Waals surface area contributed by atoms with E-state index in [2.05, 4.69) is 13.8 Å². The van der Waals surface area contributed by atoms with E-state index in [0.717, 1.165) is 51.4 Å². The van der Waals surface area contributed by atoms with Crippen LogP contribution in [0.4, 0.5) is 0 Å². The zero-order valence-corrected chi connectivity index (χ0v) is 23.8. The van der Waals surface area contributed by atoms with Gasteiger partial charge in [0.1, 0.15) is 0 Å². The minimum Gasteiger partial charge on any atom is -0.481 e. The zero-order valence-electron chi connectivity index (χ0n) is 23.0. The number of rotatable bonds is 24. The molecule has 218 valence electrons. The molecule has 2 unspecified atom stereocenters. The van der Waals surface area contributed by atoms with Crippen molar-refractivity contribution in [3.8, 4) is 0 Å². The average molecular weight is 541 g/mol. The van der Waals surface area contributed by atoms with Gasteiger partial charge in [-0.05, 0) is 12.8 Å². The molecule has 0 amide bonds. The van der Waals surface area contributed by atoms with Gasteiger partial charge in [-0.15, -0.1) is 0 Å². The molecular weight excluding hydrogens is 484 g/mol. The lowest BCUT2D eigenvalue weighted by atomic mass is 9.82. The van der Waals surface area contributed by atoms with Crippen molar-refractivity contribution < 1.29 is 32.8 Å². The van der Waals surface area contributed by atoms with Gasteiger partial charge in [-0.2, -0.15) is 8.42 Å². The maximum Gasteiger partial charge on any atom is 0.328 e. The van der Waals surface area contributed by atoms with Crippen LogP contribution in [0.5, 0.6) is 0 Å². The molecule has 0 aromatic rings. The maximum atomic E-state index is 12.3. The molecule has 9 N–H and O–H groups in total. The quantitative estimate of drug-likeness (QED) is 0.0604. The van der Waals surface area contributed by atoms with Crippen molar-refractivity contribution in [1.82, 2.24) is 12.3 Å². The first-order chi connectivity index (χ1) is 16.1. The molecule has 0 radical (unpaired) electrons. The van der Waals surface area contributed by atoms with Crippen LogP contribution in [0.2, 0.25) is 0 Å². The van der Waals surface area contributed by atoms with Gasteiger partial charge in [-0.1, -0.05) is 129 Å². The molecule has 0 aliphatic carbocycles. The summed E-state index contributed by atoms with van der Waals surface area (Å²) in [6.45, 7) is 4.32. The highest BCUT2D eigenvalue weighted by Crippen LogP contribution is 2.37. The molecule has 10 heteroatoms. The maximum absolute atomic E-state index is 12.3. The molecule has 0 rings (SSSR count). The predicted molar refractivity (Wildman–Crippen MR) is 147 cm³/mol. The third kappa shape index (κ3) is 15.1. The lowest BCUT2D eigenvalue weighted by molar-refractivity contribution is -0.152. The number of carboxylic acid groups (broad SMARTS) is 2. The Morgan fingerprint density at radius 2 is 0.972 bits per heavy atom. The summed E-state index contributed by atoms with van der Waals surface area (Å²) in [5.41, 5.74) is 0.